The molecule has 0 aliphatic heterocycles. The first-order valence-electron chi connectivity index (χ1n) is 28.8. The summed E-state index contributed by atoms with van der Waals surface area (Å²) >= 11 is 0. The van der Waals surface area contributed by atoms with Crippen LogP contribution in [0.25, 0.3) is 83.4 Å². The summed E-state index contributed by atoms with van der Waals surface area (Å²) in [7, 11) is 0. The summed E-state index contributed by atoms with van der Waals surface area (Å²) in [4.78, 5) is 5.20. The van der Waals surface area contributed by atoms with E-state index in [2.05, 4.69) is 185 Å². The number of rotatable bonds is 9. The van der Waals surface area contributed by atoms with Gasteiger partial charge in [0, 0.05) is 49.8 Å². The van der Waals surface area contributed by atoms with Crippen molar-refractivity contribution < 1.29 is 37.2 Å². The maximum absolute atomic E-state index is 9.26. The Morgan fingerprint density at radius 1 is 0.545 bits per heavy atom. The summed E-state index contributed by atoms with van der Waals surface area (Å²) in [5.41, 5.74) is 13.8. The molecule has 0 N–H and O–H groups in total. The Labute approximate surface area is 477 Å². The van der Waals surface area contributed by atoms with E-state index >= 15 is 0 Å². The molecule has 0 amide bonds. The average molecular weight is 1190 g/mol. The summed E-state index contributed by atoms with van der Waals surface area (Å²) < 4.78 is 57.4. The van der Waals surface area contributed by atoms with Crippen molar-refractivity contribution in [2.45, 2.75) is 106 Å². The molecule has 0 unspecified atom stereocenters. The number of aromatic nitrogens is 4. The molecule has 390 valence electrons. The third-order valence-corrected chi connectivity index (χ3v) is 14.3. The van der Waals surface area contributed by atoms with Gasteiger partial charge in [-0.05, 0) is 101 Å². The zero-order valence-corrected chi connectivity index (χ0v) is 48.4. The van der Waals surface area contributed by atoms with Gasteiger partial charge in [0.1, 0.15) is 5.82 Å². The van der Waals surface area contributed by atoms with Gasteiger partial charge in [-0.25, -0.2) is 4.98 Å². The zero-order valence-electron chi connectivity index (χ0n) is 51.2. The first-order chi connectivity index (χ1) is 38.2. The van der Waals surface area contributed by atoms with Gasteiger partial charge < -0.3 is 13.9 Å². The van der Waals surface area contributed by atoms with Crippen LogP contribution in [0.2, 0.25) is 0 Å². The van der Waals surface area contributed by atoms with Crippen molar-refractivity contribution in [3.05, 3.63) is 223 Å². The Kier molecular flexibility index (Phi) is 12.3. The van der Waals surface area contributed by atoms with Crippen molar-refractivity contribution in [2.24, 2.45) is 5.41 Å². The smallest absolute Gasteiger partial charge is 0.268 e. The van der Waals surface area contributed by atoms with E-state index in [1.807, 2.05) is 82.1 Å². The van der Waals surface area contributed by atoms with Crippen LogP contribution < -0.4 is 9.30 Å². The molecule has 3 aromatic heterocycles. The van der Waals surface area contributed by atoms with E-state index < -0.39 is 18.1 Å². The maximum Gasteiger partial charge on any atom is 0.268 e. The summed E-state index contributed by atoms with van der Waals surface area (Å²) in [5, 5.41) is 2.11. The molecule has 0 aliphatic carbocycles. The molecule has 8 aromatic carbocycles. The molecule has 11 rings (SSSR count). The third-order valence-electron chi connectivity index (χ3n) is 14.3. The van der Waals surface area contributed by atoms with Crippen LogP contribution in [0.15, 0.2) is 182 Å². The van der Waals surface area contributed by atoms with Crippen molar-refractivity contribution >= 4 is 32.8 Å². The van der Waals surface area contributed by atoms with E-state index in [-0.39, 0.29) is 60.4 Å². The standard InChI is InChI=1S/C71H68N4O.Pt/c1-68(2,3)44-50-40-66(72-45-61(50)48-32-34-51(35-33-48)69(4,5)6)75-62-29-17-16-26-59(62)60-37-36-56(43-65(60)75)76-55-25-20-24-54(42-55)73-46-74(64-31-19-18-30-63(64)73)67-57(47-22-14-13-15-23-47)27-21-28-58(67)49-38-52(70(7,8)9)41-53(39-49)71(10,11)12;/h13-41,45H,44H2,1-12H3;/q-2;/i13D,14D,15D,22D,23D;. The number of benzene rings is 8. The van der Waals surface area contributed by atoms with Crippen LogP contribution in [-0.2, 0) is 43.7 Å². The van der Waals surface area contributed by atoms with Gasteiger partial charge >= 0.3 is 0 Å². The Bertz CT molecular complexity index is 4220. The SMILES string of the molecule is [2H]c1c([2H])c([2H])c(-c2cccc(-c3cc(C(C)(C)C)cc(C(C)(C)C)c3)c2-[n+]2[c-]n(-c3[c-]c(Oc4[c-]c5c(cc4)c4ccccc4n5-c4cc(CC(C)(C)C)c(-c5ccc(C(C)(C)C)cc5)cn4)ccc3)c3ccccc32)c([2H])c1[2H].[Pt]. The van der Waals surface area contributed by atoms with E-state index in [4.69, 9.17) is 13.8 Å². The van der Waals surface area contributed by atoms with E-state index in [0.29, 0.717) is 28.4 Å². The van der Waals surface area contributed by atoms with Crippen LogP contribution in [0.5, 0.6) is 11.5 Å². The molecule has 5 nitrogen and oxygen atoms in total. The van der Waals surface area contributed by atoms with Crippen LogP contribution in [-0.4, -0.2) is 14.1 Å². The maximum atomic E-state index is 9.26. The Hall–Kier alpha value is -7.33. The molecule has 0 aliphatic rings. The molecule has 0 bridgehead atoms. The zero-order chi connectivity index (χ0) is 57.7. The molecule has 0 fully saturated rings. The van der Waals surface area contributed by atoms with E-state index in [9.17, 15) is 2.74 Å². The largest absolute Gasteiger partial charge is 0.510 e. The topological polar surface area (TPSA) is 35.9 Å². The molecule has 3 heterocycles. The molecule has 0 radical (unpaired) electrons. The van der Waals surface area contributed by atoms with Crippen molar-refractivity contribution in [3.63, 3.8) is 0 Å². The van der Waals surface area contributed by atoms with Crippen LogP contribution in [0.1, 0.15) is 112 Å². The number of para-hydroxylation sites is 4. The number of hydrogen-bond donors (Lipinski definition) is 0. The quantitative estimate of drug-likeness (QED) is 0.107. The van der Waals surface area contributed by atoms with Gasteiger partial charge in [0.05, 0.1) is 23.6 Å². The Morgan fingerprint density at radius 3 is 1.84 bits per heavy atom. The number of nitrogens with zero attached hydrogens (tertiary/aromatic N) is 4. The predicted molar refractivity (Wildman–Crippen MR) is 316 cm³/mol. The fraction of sp³-hybridized carbons (Fsp3) is 0.239. The fourth-order valence-corrected chi connectivity index (χ4v) is 10.3. The Morgan fingerprint density at radius 2 is 1.17 bits per heavy atom. The third kappa shape index (κ3) is 10.6. The summed E-state index contributed by atoms with van der Waals surface area (Å²) in [6.45, 7) is 26.8. The number of ether oxygens (including phenoxy) is 1. The van der Waals surface area contributed by atoms with Crippen molar-refractivity contribution in [3.8, 4) is 62.1 Å². The van der Waals surface area contributed by atoms with Gasteiger partial charge in [0.2, 0.25) is 0 Å². The van der Waals surface area contributed by atoms with Gasteiger partial charge in [-0.2, -0.15) is 18.2 Å². The molecule has 77 heavy (non-hydrogen) atoms. The number of imidazole rings is 1. The molecule has 6 heteroatoms. The average Bonchev–Trinajstić information content (AvgIpc) is 2.27. The Balaban J connectivity index is 0.00000753. The van der Waals surface area contributed by atoms with Crippen molar-refractivity contribution in [1.29, 1.82) is 0 Å². The van der Waals surface area contributed by atoms with E-state index in [1.54, 1.807) is 0 Å². The number of fused-ring (bicyclic) bond motifs is 4. The van der Waals surface area contributed by atoms with Crippen LogP contribution in [0.4, 0.5) is 0 Å². The first-order valence-corrected chi connectivity index (χ1v) is 26.3. The van der Waals surface area contributed by atoms with Gasteiger partial charge in [-0.3, -0.25) is 4.57 Å². The van der Waals surface area contributed by atoms with E-state index in [1.165, 1.54) is 11.1 Å². The van der Waals surface area contributed by atoms with Crippen molar-refractivity contribution in [2.75, 3.05) is 0 Å². The normalized spacial score (nSPS) is 13.3. The van der Waals surface area contributed by atoms with Crippen LogP contribution >= 0.6 is 0 Å². The molecule has 0 saturated heterocycles. The molecule has 0 saturated carbocycles. The second kappa shape index (κ2) is 20.2. The van der Waals surface area contributed by atoms with Gasteiger partial charge in [0.15, 0.2) is 0 Å². The minimum atomic E-state index is -0.446. The summed E-state index contributed by atoms with van der Waals surface area (Å²) in [6, 6.07) is 55.2. The fourth-order valence-electron chi connectivity index (χ4n) is 10.3. The molecular weight excluding hydrogens is 1120 g/mol. The summed E-state index contributed by atoms with van der Waals surface area (Å²) in [5.74, 6) is 1.77. The molecule has 11 aromatic rings. The monoisotopic (exact) mass is 1190 g/mol. The molecular formula is C71H68N4OPt-2. The second-order valence-electron chi connectivity index (χ2n) is 24.5. The number of pyridine rings is 1. The van der Waals surface area contributed by atoms with E-state index in [0.717, 1.165) is 78.5 Å². The first kappa shape index (κ1) is 46.9. The van der Waals surface area contributed by atoms with Gasteiger partial charge in [-0.15, -0.1) is 29.7 Å². The van der Waals surface area contributed by atoms with Gasteiger partial charge in [0.25, 0.3) is 6.33 Å². The van der Waals surface area contributed by atoms with Gasteiger partial charge in [-0.1, -0.05) is 222 Å². The van der Waals surface area contributed by atoms with Crippen LogP contribution in [0.3, 0.4) is 0 Å². The minimum Gasteiger partial charge on any atom is -0.510 e. The summed E-state index contributed by atoms with van der Waals surface area (Å²) in [6.07, 6.45) is 6.56. The number of hydrogen-bond acceptors (Lipinski definition) is 2. The molecule has 0 atom stereocenters. The molecule has 0 spiro atoms. The van der Waals surface area contributed by atoms with Crippen molar-refractivity contribution in [1.82, 2.24) is 14.1 Å². The van der Waals surface area contributed by atoms with Crippen LogP contribution in [0, 0.1) is 23.9 Å². The second-order valence-corrected chi connectivity index (χ2v) is 24.5. The predicted octanol–water partition coefficient (Wildman–Crippen LogP) is 18.1. The minimum absolute atomic E-state index is 0.